The summed E-state index contributed by atoms with van der Waals surface area (Å²) in [5.74, 6) is -1.52. The Hall–Kier alpha value is -1.84. The highest BCUT2D eigenvalue weighted by molar-refractivity contribution is 14.1. The predicted octanol–water partition coefficient (Wildman–Crippen LogP) is 6.92. The van der Waals surface area contributed by atoms with Crippen LogP contribution in [0.5, 0.6) is 0 Å². The van der Waals surface area contributed by atoms with Gasteiger partial charge in [-0.2, -0.15) is 13.2 Å². The van der Waals surface area contributed by atoms with E-state index in [1.807, 2.05) is 27.5 Å². The number of carbonyl (C=O) groups excluding carboxylic acids is 1. The molecule has 1 N–H and O–H groups in total. The number of rotatable bonds is 3. The minimum absolute atomic E-state index is 0.0163. The van der Waals surface area contributed by atoms with Gasteiger partial charge >= 0.3 is 6.18 Å². The van der Waals surface area contributed by atoms with Crippen LogP contribution < -0.4 is 10.2 Å². The van der Waals surface area contributed by atoms with Gasteiger partial charge < -0.3 is 10.2 Å². The minimum Gasteiger partial charge on any atom is -0.366 e. The van der Waals surface area contributed by atoms with Crippen molar-refractivity contribution < 1.29 is 22.4 Å². The number of hydrogen-bond donors (Lipinski definition) is 1. The predicted molar refractivity (Wildman–Crippen MR) is 123 cm³/mol. The molecule has 1 amide bonds. The summed E-state index contributed by atoms with van der Waals surface area (Å²) >= 11 is 1.95. The first-order valence-corrected chi connectivity index (χ1v) is 11.0. The number of anilines is 2. The van der Waals surface area contributed by atoms with Crippen LogP contribution in [0.15, 0.2) is 36.4 Å². The van der Waals surface area contributed by atoms with Gasteiger partial charge in [0, 0.05) is 16.2 Å². The third-order valence-corrected chi connectivity index (χ3v) is 5.94. The summed E-state index contributed by atoms with van der Waals surface area (Å²) in [6.07, 6.45) is -0.643. The first-order chi connectivity index (χ1) is 14.4. The van der Waals surface area contributed by atoms with Crippen molar-refractivity contribution in [3.8, 4) is 0 Å². The number of benzene rings is 2. The second-order valence-electron chi connectivity index (χ2n) is 8.69. The van der Waals surface area contributed by atoms with Crippen molar-refractivity contribution in [2.45, 2.75) is 45.8 Å². The molecule has 0 spiro atoms. The second kappa shape index (κ2) is 8.96. The lowest BCUT2D eigenvalue weighted by Crippen LogP contribution is -2.48. The van der Waals surface area contributed by atoms with Crippen molar-refractivity contribution in [3.05, 3.63) is 63.3 Å². The van der Waals surface area contributed by atoms with Crippen molar-refractivity contribution in [2.24, 2.45) is 5.41 Å². The molecule has 2 aromatic carbocycles. The van der Waals surface area contributed by atoms with Gasteiger partial charge in [-0.15, -0.1) is 0 Å². The van der Waals surface area contributed by atoms with E-state index in [-0.39, 0.29) is 22.7 Å². The zero-order valence-electron chi connectivity index (χ0n) is 17.5. The molecule has 1 aliphatic heterocycles. The van der Waals surface area contributed by atoms with E-state index in [2.05, 4.69) is 32.5 Å². The zero-order chi connectivity index (χ0) is 23.0. The summed E-state index contributed by atoms with van der Waals surface area (Å²) in [5.41, 5.74) is -0.742. The van der Waals surface area contributed by atoms with Crippen molar-refractivity contribution in [3.63, 3.8) is 0 Å². The van der Waals surface area contributed by atoms with E-state index in [1.165, 1.54) is 24.3 Å². The fraction of sp³-hybridized carbons (Fsp3) is 0.391. The lowest BCUT2D eigenvalue weighted by molar-refractivity contribution is -0.137. The SMILES string of the molecule is CC(C)(C)[C@@H]1[CH]CCCN1c1ccc(C(F)(F)F)cc1NC(=O)c1cc(I)ccc1F. The molecule has 31 heavy (non-hydrogen) atoms. The molecule has 3 rings (SSSR count). The fourth-order valence-corrected chi connectivity index (χ4v) is 4.31. The van der Waals surface area contributed by atoms with E-state index in [0.717, 1.165) is 25.0 Å². The maximum absolute atomic E-state index is 14.2. The molecule has 0 aliphatic carbocycles. The molecule has 1 aliphatic rings. The van der Waals surface area contributed by atoms with Gasteiger partial charge in [-0.1, -0.05) is 20.8 Å². The van der Waals surface area contributed by atoms with Crippen LogP contribution in [0.25, 0.3) is 0 Å². The Labute approximate surface area is 193 Å². The molecule has 1 fully saturated rings. The van der Waals surface area contributed by atoms with Crippen LogP contribution in [0.4, 0.5) is 28.9 Å². The number of piperidine rings is 1. The third kappa shape index (κ3) is 5.51. The van der Waals surface area contributed by atoms with Crippen LogP contribution >= 0.6 is 22.6 Å². The van der Waals surface area contributed by atoms with E-state index in [4.69, 9.17) is 0 Å². The van der Waals surface area contributed by atoms with Gasteiger partial charge in [0.2, 0.25) is 0 Å². The normalized spacial score (nSPS) is 17.5. The molecule has 1 radical (unpaired) electrons. The average molecular weight is 547 g/mol. The minimum atomic E-state index is -4.57. The van der Waals surface area contributed by atoms with Gasteiger partial charge in [0.25, 0.3) is 5.91 Å². The maximum atomic E-state index is 14.2. The summed E-state index contributed by atoms with van der Waals surface area (Å²) in [7, 11) is 0. The average Bonchev–Trinajstić information content (AvgIpc) is 2.68. The van der Waals surface area contributed by atoms with Crippen molar-refractivity contribution in [1.82, 2.24) is 0 Å². The fourth-order valence-electron chi connectivity index (χ4n) is 3.82. The molecule has 0 unspecified atom stereocenters. The highest BCUT2D eigenvalue weighted by Gasteiger charge is 2.36. The number of alkyl halides is 3. The Morgan fingerprint density at radius 2 is 1.84 bits per heavy atom. The van der Waals surface area contributed by atoms with E-state index in [0.29, 0.717) is 15.8 Å². The maximum Gasteiger partial charge on any atom is 0.416 e. The number of hydrogen-bond acceptors (Lipinski definition) is 2. The monoisotopic (exact) mass is 547 g/mol. The molecular formula is C23H24F4IN2O. The summed E-state index contributed by atoms with van der Waals surface area (Å²) in [4.78, 5) is 14.8. The van der Waals surface area contributed by atoms with E-state index in [1.54, 1.807) is 0 Å². The number of nitrogens with zero attached hydrogens (tertiary/aromatic N) is 1. The van der Waals surface area contributed by atoms with Crippen LogP contribution in [0.3, 0.4) is 0 Å². The Bertz CT molecular complexity index is 969. The van der Waals surface area contributed by atoms with Crippen LogP contribution in [0.2, 0.25) is 0 Å². The smallest absolute Gasteiger partial charge is 0.366 e. The molecule has 2 aromatic rings. The summed E-state index contributed by atoms with van der Waals surface area (Å²) in [5, 5.41) is 2.54. The number of halogens is 5. The number of nitrogens with one attached hydrogen (secondary N) is 1. The highest BCUT2D eigenvalue weighted by Crippen LogP contribution is 2.41. The molecular weight excluding hydrogens is 523 g/mol. The molecule has 1 atom stereocenters. The molecule has 8 heteroatoms. The second-order valence-corrected chi connectivity index (χ2v) is 9.94. The Kier molecular flexibility index (Phi) is 6.88. The molecule has 1 saturated heterocycles. The Morgan fingerprint density at radius 1 is 1.13 bits per heavy atom. The third-order valence-electron chi connectivity index (χ3n) is 5.27. The van der Waals surface area contributed by atoms with Crippen LogP contribution in [-0.4, -0.2) is 18.5 Å². The summed E-state index contributed by atoms with van der Waals surface area (Å²) in [6, 6.07) is 7.35. The first kappa shape index (κ1) is 23.8. The summed E-state index contributed by atoms with van der Waals surface area (Å²) in [6.45, 7) is 6.84. The molecule has 1 heterocycles. The Balaban J connectivity index is 2.06. The van der Waals surface area contributed by atoms with Crippen molar-refractivity contribution in [1.29, 1.82) is 0 Å². The van der Waals surface area contributed by atoms with Crippen molar-refractivity contribution >= 4 is 39.9 Å². The van der Waals surface area contributed by atoms with Gasteiger partial charge in [-0.25, -0.2) is 4.39 Å². The Morgan fingerprint density at radius 3 is 2.48 bits per heavy atom. The quantitative estimate of drug-likeness (QED) is 0.334. The zero-order valence-corrected chi connectivity index (χ0v) is 19.6. The molecule has 167 valence electrons. The lowest BCUT2D eigenvalue weighted by atomic mass is 9.80. The van der Waals surface area contributed by atoms with Gasteiger partial charge in [-0.3, -0.25) is 4.79 Å². The van der Waals surface area contributed by atoms with E-state index < -0.39 is 23.5 Å². The largest absolute Gasteiger partial charge is 0.416 e. The van der Waals surface area contributed by atoms with Gasteiger partial charge in [-0.05, 0) is 83.7 Å². The standard InChI is InChI=1S/C23H24F4IN2O/c1-22(2,3)20-6-4-5-11-30(20)19-10-7-14(23(25,26)27)12-18(19)29-21(31)16-13-15(28)8-9-17(16)24/h6-10,12-13,20H,4-5,11H2,1-3H3,(H,29,31)/t20-/m0/s1. The summed E-state index contributed by atoms with van der Waals surface area (Å²) < 4.78 is 55.0. The lowest BCUT2D eigenvalue weighted by Gasteiger charge is -2.45. The molecule has 3 nitrogen and oxygen atoms in total. The topological polar surface area (TPSA) is 32.3 Å². The van der Waals surface area contributed by atoms with Crippen LogP contribution in [0, 0.1) is 21.2 Å². The number of carbonyl (C=O) groups is 1. The number of amides is 1. The molecule has 0 bridgehead atoms. The van der Waals surface area contributed by atoms with Gasteiger partial charge in [0.1, 0.15) is 5.82 Å². The molecule has 0 aromatic heterocycles. The van der Waals surface area contributed by atoms with Gasteiger partial charge in [0.15, 0.2) is 0 Å². The van der Waals surface area contributed by atoms with Gasteiger partial charge in [0.05, 0.1) is 22.5 Å². The van der Waals surface area contributed by atoms with E-state index >= 15 is 0 Å². The van der Waals surface area contributed by atoms with Crippen LogP contribution in [-0.2, 0) is 6.18 Å². The first-order valence-electron chi connectivity index (χ1n) is 9.95. The van der Waals surface area contributed by atoms with Crippen LogP contribution in [0.1, 0.15) is 49.5 Å². The highest BCUT2D eigenvalue weighted by atomic mass is 127. The van der Waals surface area contributed by atoms with E-state index in [9.17, 15) is 22.4 Å². The van der Waals surface area contributed by atoms with Crippen molar-refractivity contribution in [2.75, 3.05) is 16.8 Å². The molecule has 0 saturated carbocycles.